The number of hydrogen-bond donors (Lipinski definition) is 1. The second kappa shape index (κ2) is 4.62. The first-order valence-electron chi connectivity index (χ1n) is 5.88. The third-order valence-corrected chi connectivity index (χ3v) is 2.43. The van der Waals surface area contributed by atoms with Gasteiger partial charge in [0.25, 0.3) is 0 Å². The predicted molar refractivity (Wildman–Crippen MR) is 64.5 cm³/mol. The highest BCUT2D eigenvalue weighted by Crippen LogP contribution is 2.19. The monoisotopic (exact) mass is 228 g/mol. The molecule has 0 aromatic carbocycles. The van der Waals surface area contributed by atoms with E-state index < -0.39 is 5.60 Å². The molecule has 1 aliphatic heterocycles. The highest BCUT2D eigenvalue weighted by atomic mass is 16.6. The minimum atomic E-state index is -0.416. The van der Waals surface area contributed by atoms with Crippen molar-refractivity contribution in [3.63, 3.8) is 0 Å². The Kier molecular flexibility index (Phi) is 3.84. The summed E-state index contributed by atoms with van der Waals surface area (Å²) in [6.45, 7) is 13.2. The molecule has 0 aliphatic carbocycles. The van der Waals surface area contributed by atoms with Gasteiger partial charge in [-0.15, -0.1) is 0 Å². The molecule has 1 heterocycles. The van der Waals surface area contributed by atoms with Gasteiger partial charge in [0.15, 0.2) is 0 Å². The quantitative estimate of drug-likeness (QED) is 0.688. The summed E-state index contributed by atoms with van der Waals surface area (Å²) in [5.74, 6) is 0. The Balaban J connectivity index is 2.61. The molecular formula is C12H24N2O2. The molecule has 0 spiro atoms. The Hall–Kier alpha value is -0.770. The SMILES string of the molecule is CC1(C)CNCCN(C(=O)OC(C)(C)C)C1. The summed E-state index contributed by atoms with van der Waals surface area (Å²) in [4.78, 5) is 13.7. The van der Waals surface area contributed by atoms with Gasteiger partial charge in [0, 0.05) is 26.2 Å². The molecule has 0 atom stereocenters. The van der Waals surface area contributed by atoms with Gasteiger partial charge in [0.1, 0.15) is 5.60 Å². The van der Waals surface area contributed by atoms with Crippen molar-refractivity contribution in [2.75, 3.05) is 26.2 Å². The van der Waals surface area contributed by atoms with Crippen molar-refractivity contribution in [3.05, 3.63) is 0 Å². The van der Waals surface area contributed by atoms with Crippen LogP contribution in [0.1, 0.15) is 34.6 Å². The molecule has 0 unspecified atom stereocenters. The van der Waals surface area contributed by atoms with Gasteiger partial charge in [-0.25, -0.2) is 4.79 Å². The van der Waals surface area contributed by atoms with Gasteiger partial charge in [-0.1, -0.05) is 13.8 Å². The van der Waals surface area contributed by atoms with Crippen molar-refractivity contribution >= 4 is 6.09 Å². The predicted octanol–water partition coefficient (Wildman–Crippen LogP) is 1.85. The molecule has 1 amide bonds. The van der Waals surface area contributed by atoms with Crippen LogP contribution in [-0.4, -0.2) is 42.8 Å². The fraction of sp³-hybridized carbons (Fsp3) is 0.917. The number of nitrogens with zero attached hydrogens (tertiary/aromatic N) is 1. The van der Waals surface area contributed by atoms with Crippen LogP contribution in [0.4, 0.5) is 4.79 Å². The van der Waals surface area contributed by atoms with Crippen LogP contribution in [0.15, 0.2) is 0 Å². The van der Waals surface area contributed by atoms with E-state index in [0.29, 0.717) is 0 Å². The zero-order valence-corrected chi connectivity index (χ0v) is 11.1. The second-order valence-corrected chi connectivity index (χ2v) is 6.24. The van der Waals surface area contributed by atoms with Crippen LogP contribution in [0.25, 0.3) is 0 Å². The molecule has 1 rings (SSSR count). The third kappa shape index (κ3) is 4.39. The van der Waals surface area contributed by atoms with E-state index in [0.717, 1.165) is 26.2 Å². The molecule has 16 heavy (non-hydrogen) atoms. The maximum Gasteiger partial charge on any atom is 0.410 e. The van der Waals surface area contributed by atoms with Crippen LogP contribution >= 0.6 is 0 Å². The molecule has 1 N–H and O–H groups in total. The summed E-state index contributed by atoms with van der Waals surface area (Å²) in [5.41, 5.74) is -0.311. The fourth-order valence-corrected chi connectivity index (χ4v) is 1.77. The minimum absolute atomic E-state index is 0.105. The van der Waals surface area contributed by atoms with Gasteiger partial charge >= 0.3 is 6.09 Å². The first-order valence-corrected chi connectivity index (χ1v) is 5.88. The molecule has 0 radical (unpaired) electrons. The molecule has 0 saturated carbocycles. The van der Waals surface area contributed by atoms with E-state index in [4.69, 9.17) is 4.74 Å². The molecule has 1 aliphatic rings. The first kappa shape index (κ1) is 13.3. The molecule has 94 valence electrons. The highest BCUT2D eigenvalue weighted by molar-refractivity contribution is 5.68. The van der Waals surface area contributed by atoms with Gasteiger partial charge in [0.05, 0.1) is 0 Å². The number of amides is 1. The van der Waals surface area contributed by atoms with Crippen LogP contribution in [0.3, 0.4) is 0 Å². The molecular weight excluding hydrogens is 204 g/mol. The number of carbonyl (C=O) groups excluding carboxylic acids is 1. The Labute approximate surface area is 98.3 Å². The number of carbonyl (C=O) groups is 1. The average Bonchev–Trinajstić information content (AvgIpc) is 2.23. The van der Waals surface area contributed by atoms with Gasteiger partial charge < -0.3 is 15.0 Å². The zero-order chi connectivity index (χ0) is 12.4. The van der Waals surface area contributed by atoms with Crippen LogP contribution < -0.4 is 5.32 Å². The molecule has 0 aromatic rings. The van der Waals surface area contributed by atoms with Crippen molar-refractivity contribution in [2.45, 2.75) is 40.2 Å². The highest BCUT2D eigenvalue weighted by Gasteiger charge is 2.29. The van der Waals surface area contributed by atoms with E-state index in [1.165, 1.54) is 0 Å². The standard InChI is InChI=1S/C12H24N2O2/c1-11(2,3)16-10(15)14-7-6-13-8-12(4,5)9-14/h13H,6-9H2,1-5H3. The van der Waals surface area contributed by atoms with E-state index in [1.807, 2.05) is 20.8 Å². The van der Waals surface area contributed by atoms with E-state index in [1.54, 1.807) is 4.90 Å². The van der Waals surface area contributed by atoms with Gasteiger partial charge in [-0.3, -0.25) is 0 Å². The van der Waals surface area contributed by atoms with Gasteiger partial charge in [0.2, 0.25) is 0 Å². The maximum absolute atomic E-state index is 11.9. The minimum Gasteiger partial charge on any atom is -0.444 e. The largest absolute Gasteiger partial charge is 0.444 e. The number of nitrogens with one attached hydrogen (secondary N) is 1. The lowest BCUT2D eigenvalue weighted by molar-refractivity contribution is 0.0210. The molecule has 1 fully saturated rings. The summed E-state index contributed by atoms with van der Waals surface area (Å²) in [6, 6.07) is 0. The smallest absolute Gasteiger partial charge is 0.410 e. The molecule has 1 saturated heterocycles. The van der Waals surface area contributed by atoms with Crippen LogP contribution in [0.5, 0.6) is 0 Å². The fourth-order valence-electron chi connectivity index (χ4n) is 1.77. The Morgan fingerprint density at radius 3 is 2.56 bits per heavy atom. The zero-order valence-electron chi connectivity index (χ0n) is 11.1. The van der Waals surface area contributed by atoms with E-state index in [2.05, 4.69) is 19.2 Å². The summed E-state index contributed by atoms with van der Waals surface area (Å²) in [5, 5.41) is 3.34. The maximum atomic E-state index is 11.9. The lowest BCUT2D eigenvalue weighted by atomic mass is 9.93. The number of hydrogen-bond acceptors (Lipinski definition) is 3. The molecule has 4 nitrogen and oxygen atoms in total. The van der Waals surface area contributed by atoms with Gasteiger partial charge in [-0.2, -0.15) is 0 Å². The molecule has 0 aromatic heterocycles. The van der Waals surface area contributed by atoms with Crippen molar-refractivity contribution < 1.29 is 9.53 Å². The summed E-state index contributed by atoms with van der Waals surface area (Å²) >= 11 is 0. The normalized spacial score (nSPS) is 21.4. The van der Waals surface area contributed by atoms with Crippen molar-refractivity contribution in [3.8, 4) is 0 Å². The third-order valence-electron chi connectivity index (χ3n) is 2.43. The number of ether oxygens (including phenoxy) is 1. The van der Waals surface area contributed by atoms with E-state index in [-0.39, 0.29) is 11.5 Å². The van der Waals surface area contributed by atoms with Crippen LogP contribution in [0, 0.1) is 5.41 Å². The Bertz CT molecular complexity index is 256. The molecule has 0 bridgehead atoms. The van der Waals surface area contributed by atoms with Crippen molar-refractivity contribution in [1.29, 1.82) is 0 Å². The lowest BCUT2D eigenvalue weighted by Crippen LogP contribution is -2.42. The van der Waals surface area contributed by atoms with Crippen molar-refractivity contribution in [2.24, 2.45) is 5.41 Å². The van der Waals surface area contributed by atoms with E-state index in [9.17, 15) is 4.79 Å². The van der Waals surface area contributed by atoms with Crippen molar-refractivity contribution in [1.82, 2.24) is 10.2 Å². The second-order valence-electron chi connectivity index (χ2n) is 6.24. The summed E-state index contributed by atoms with van der Waals surface area (Å²) < 4.78 is 5.39. The topological polar surface area (TPSA) is 41.6 Å². The average molecular weight is 228 g/mol. The first-order chi connectivity index (χ1) is 7.20. The van der Waals surface area contributed by atoms with E-state index >= 15 is 0 Å². The van der Waals surface area contributed by atoms with Crippen LogP contribution in [0.2, 0.25) is 0 Å². The molecule has 4 heteroatoms. The Morgan fingerprint density at radius 1 is 1.38 bits per heavy atom. The Morgan fingerprint density at radius 2 is 2.00 bits per heavy atom. The lowest BCUT2D eigenvalue weighted by Gasteiger charge is -2.31. The van der Waals surface area contributed by atoms with Crippen LogP contribution in [-0.2, 0) is 4.74 Å². The summed E-state index contributed by atoms with van der Waals surface area (Å²) in [7, 11) is 0. The van der Waals surface area contributed by atoms with Gasteiger partial charge in [-0.05, 0) is 26.2 Å². The number of rotatable bonds is 0. The summed E-state index contributed by atoms with van der Waals surface area (Å²) in [6.07, 6.45) is -0.204.